The van der Waals surface area contributed by atoms with Crippen LogP contribution in [0, 0.1) is 0 Å². The van der Waals surface area contributed by atoms with Gasteiger partial charge in [-0.15, -0.1) is 0 Å². The molecule has 0 bridgehead atoms. The number of aliphatic hydroxyl groups excluding tert-OH is 2. The molecule has 0 unspecified atom stereocenters. The van der Waals surface area contributed by atoms with Gasteiger partial charge in [0.25, 0.3) is 0 Å². The van der Waals surface area contributed by atoms with Gasteiger partial charge in [0.2, 0.25) is 0 Å². The Hall–Kier alpha value is -0.160. The van der Waals surface area contributed by atoms with Crippen LogP contribution in [0.25, 0.3) is 0 Å². The Morgan fingerprint density at radius 1 is 1.47 bits per heavy atom. The van der Waals surface area contributed by atoms with Crippen LogP contribution in [0.2, 0.25) is 0 Å². The molecule has 1 aliphatic heterocycles. The lowest BCUT2D eigenvalue weighted by atomic mass is 10.1. The lowest BCUT2D eigenvalue weighted by molar-refractivity contribution is -0.0205. The molecule has 4 nitrogen and oxygen atoms in total. The van der Waals surface area contributed by atoms with Gasteiger partial charge < -0.3 is 14.9 Å². The third kappa shape index (κ3) is 5.47. The van der Waals surface area contributed by atoms with E-state index < -0.39 is 6.10 Å². The lowest BCUT2D eigenvalue weighted by Crippen LogP contribution is -2.43. The first kappa shape index (κ1) is 12.9. The lowest BCUT2D eigenvalue weighted by Gasteiger charge is -2.31. The van der Waals surface area contributed by atoms with Crippen molar-refractivity contribution >= 4 is 0 Å². The van der Waals surface area contributed by atoms with Gasteiger partial charge in [-0.05, 0) is 33.2 Å². The number of rotatable bonds is 5. The molecule has 1 saturated heterocycles. The van der Waals surface area contributed by atoms with E-state index >= 15 is 0 Å². The van der Waals surface area contributed by atoms with E-state index in [1.165, 1.54) is 0 Å². The van der Waals surface area contributed by atoms with Crippen molar-refractivity contribution in [3.63, 3.8) is 0 Å². The molecule has 2 atom stereocenters. The number of nitrogens with zero attached hydrogens (tertiary/aromatic N) is 1. The monoisotopic (exact) mass is 217 g/mol. The summed E-state index contributed by atoms with van der Waals surface area (Å²) in [5.74, 6) is 0. The normalized spacial score (nSPS) is 25.8. The summed E-state index contributed by atoms with van der Waals surface area (Å²) in [6, 6.07) is 0. The van der Waals surface area contributed by atoms with Crippen LogP contribution >= 0.6 is 0 Å². The topological polar surface area (TPSA) is 52.9 Å². The standard InChI is InChI=1S/C11H23NO3/c1-9(2)15-8-11(14)7-12-5-3-4-10(13)6-12/h9-11,13-14H,3-8H2,1-2H3/t10-,11+/m0/s1. The average molecular weight is 217 g/mol. The minimum atomic E-state index is -0.447. The molecule has 0 aliphatic carbocycles. The summed E-state index contributed by atoms with van der Waals surface area (Å²) < 4.78 is 5.33. The van der Waals surface area contributed by atoms with Crippen molar-refractivity contribution in [1.29, 1.82) is 0 Å². The van der Waals surface area contributed by atoms with Crippen molar-refractivity contribution in [2.75, 3.05) is 26.2 Å². The average Bonchev–Trinajstić information content (AvgIpc) is 2.15. The predicted octanol–water partition coefficient (Wildman–Crippen LogP) is 0.229. The second-order valence-corrected chi connectivity index (χ2v) is 4.59. The first-order chi connectivity index (χ1) is 7.08. The summed E-state index contributed by atoms with van der Waals surface area (Å²) in [5, 5.41) is 19.1. The van der Waals surface area contributed by atoms with Gasteiger partial charge in [0.15, 0.2) is 0 Å². The molecule has 2 N–H and O–H groups in total. The van der Waals surface area contributed by atoms with Gasteiger partial charge in [0.05, 0.1) is 24.9 Å². The van der Waals surface area contributed by atoms with Crippen molar-refractivity contribution in [2.45, 2.75) is 45.0 Å². The van der Waals surface area contributed by atoms with Crippen molar-refractivity contribution in [2.24, 2.45) is 0 Å². The zero-order valence-corrected chi connectivity index (χ0v) is 9.72. The Morgan fingerprint density at radius 3 is 2.80 bits per heavy atom. The van der Waals surface area contributed by atoms with Crippen LogP contribution in [0.15, 0.2) is 0 Å². The van der Waals surface area contributed by atoms with E-state index in [2.05, 4.69) is 4.90 Å². The third-order valence-electron chi connectivity index (χ3n) is 2.57. The fourth-order valence-corrected chi connectivity index (χ4v) is 1.85. The summed E-state index contributed by atoms with van der Waals surface area (Å²) >= 11 is 0. The molecule has 0 aromatic rings. The summed E-state index contributed by atoms with van der Waals surface area (Å²) in [6.07, 6.45) is 1.38. The molecule has 15 heavy (non-hydrogen) atoms. The highest BCUT2D eigenvalue weighted by molar-refractivity contribution is 4.74. The van der Waals surface area contributed by atoms with Gasteiger partial charge in [-0.2, -0.15) is 0 Å². The number of ether oxygens (including phenoxy) is 1. The number of likely N-dealkylation sites (tertiary alicyclic amines) is 1. The minimum absolute atomic E-state index is 0.159. The summed E-state index contributed by atoms with van der Waals surface area (Å²) in [7, 11) is 0. The quantitative estimate of drug-likeness (QED) is 0.692. The van der Waals surface area contributed by atoms with Gasteiger partial charge in [-0.3, -0.25) is 4.90 Å². The first-order valence-electron chi connectivity index (χ1n) is 5.78. The molecule has 0 saturated carbocycles. The number of piperidine rings is 1. The van der Waals surface area contributed by atoms with Crippen LogP contribution in [0.5, 0.6) is 0 Å². The molecule has 0 radical (unpaired) electrons. The third-order valence-corrected chi connectivity index (χ3v) is 2.57. The van der Waals surface area contributed by atoms with Gasteiger partial charge in [-0.1, -0.05) is 0 Å². The predicted molar refractivity (Wildman–Crippen MR) is 58.8 cm³/mol. The fraction of sp³-hybridized carbons (Fsp3) is 1.00. The molecule has 0 aromatic carbocycles. The van der Waals surface area contributed by atoms with Crippen molar-refractivity contribution < 1.29 is 14.9 Å². The summed E-state index contributed by atoms with van der Waals surface area (Å²) in [5.41, 5.74) is 0. The minimum Gasteiger partial charge on any atom is -0.392 e. The van der Waals surface area contributed by atoms with E-state index in [9.17, 15) is 10.2 Å². The van der Waals surface area contributed by atoms with Crippen LogP contribution in [-0.2, 0) is 4.74 Å². The zero-order valence-electron chi connectivity index (χ0n) is 9.72. The van der Waals surface area contributed by atoms with E-state index in [4.69, 9.17) is 4.74 Å². The Kier molecular flexibility index (Phi) is 5.53. The van der Waals surface area contributed by atoms with Crippen molar-refractivity contribution in [3.05, 3.63) is 0 Å². The molecule has 0 spiro atoms. The number of aliphatic hydroxyl groups is 2. The van der Waals surface area contributed by atoms with Crippen molar-refractivity contribution in [3.8, 4) is 0 Å². The number of hydrogen-bond acceptors (Lipinski definition) is 4. The van der Waals surface area contributed by atoms with E-state index in [0.717, 1.165) is 19.4 Å². The largest absolute Gasteiger partial charge is 0.392 e. The maximum absolute atomic E-state index is 9.69. The van der Waals surface area contributed by atoms with Crippen LogP contribution < -0.4 is 0 Å². The highest BCUT2D eigenvalue weighted by Gasteiger charge is 2.19. The molecule has 1 heterocycles. The molecule has 1 aliphatic rings. The summed E-state index contributed by atoms with van der Waals surface area (Å²) in [4.78, 5) is 2.10. The Bertz CT molecular complexity index is 175. The fourth-order valence-electron chi connectivity index (χ4n) is 1.85. The highest BCUT2D eigenvalue weighted by Crippen LogP contribution is 2.10. The van der Waals surface area contributed by atoms with Gasteiger partial charge >= 0.3 is 0 Å². The van der Waals surface area contributed by atoms with Crippen LogP contribution in [0.3, 0.4) is 0 Å². The SMILES string of the molecule is CC(C)OC[C@H](O)CN1CCC[C@H](O)C1. The van der Waals surface area contributed by atoms with E-state index in [1.807, 2.05) is 13.8 Å². The van der Waals surface area contributed by atoms with E-state index in [-0.39, 0.29) is 12.2 Å². The second kappa shape index (κ2) is 6.43. The zero-order chi connectivity index (χ0) is 11.3. The molecule has 4 heteroatoms. The molecule has 90 valence electrons. The summed E-state index contributed by atoms with van der Waals surface area (Å²) in [6.45, 7) is 6.54. The second-order valence-electron chi connectivity index (χ2n) is 4.59. The number of hydrogen-bond donors (Lipinski definition) is 2. The molecular weight excluding hydrogens is 194 g/mol. The van der Waals surface area contributed by atoms with Gasteiger partial charge in [0, 0.05) is 13.1 Å². The van der Waals surface area contributed by atoms with Crippen LogP contribution in [0.1, 0.15) is 26.7 Å². The van der Waals surface area contributed by atoms with Gasteiger partial charge in [-0.25, -0.2) is 0 Å². The van der Waals surface area contributed by atoms with Gasteiger partial charge in [0.1, 0.15) is 0 Å². The molecular formula is C11H23NO3. The maximum atomic E-state index is 9.69. The molecule has 0 amide bonds. The molecule has 1 fully saturated rings. The number of β-amino-alcohol motifs (C(OH)–C–C–N with tert-alkyl or cyclic N) is 2. The van der Waals surface area contributed by atoms with Crippen LogP contribution in [0.4, 0.5) is 0 Å². The maximum Gasteiger partial charge on any atom is 0.0900 e. The van der Waals surface area contributed by atoms with E-state index in [1.54, 1.807) is 0 Å². The smallest absolute Gasteiger partial charge is 0.0900 e. The van der Waals surface area contributed by atoms with E-state index in [0.29, 0.717) is 19.7 Å². The Balaban J connectivity index is 2.16. The molecule has 0 aromatic heterocycles. The molecule has 1 rings (SSSR count). The highest BCUT2D eigenvalue weighted by atomic mass is 16.5. The first-order valence-corrected chi connectivity index (χ1v) is 5.78. The van der Waals surface area contributed by atoms with Crippen LogP contribution in [-0.4, -0.2) is 59.7 Å². The Morgan fingerprint density at radius 2 is 2.20 bits per heavy atom. The Labute approximate surface area is 91.8 Å². The van der Waals surface area contributed by atoms with Crippen molar-refractivity contribution in [1.82, 2.24) is 4.90 Å².